The SMILES string of the molecule is COc1ccccc1N[CH]c1ccc(C(F)(F)F)cc1. The van der Waals surface area contributed by atoms with Crippen molar-refractivity contribution >= 4 is 5.69 Å². The summed E-state index contributed by atoms with van der Waals surface area (Å²) in [4.78, 5) is 0. The van der Waals surface area contributed by atoms with E-state index in [0.29, 0.717) is 11.3 Å². The summed E-state index contributed by atoms with van der Waals surface area (Å²) in [6.45, 7) is 1.62. The fourth-order valence-corrected chi connectivity index (χ4v) is 1.69. The Balaban J connectivity index is 2.04. The van der Waals surface area contributed by atoms with E-state index < -0.39 is 11.7 Å². The molecule has 0 aliphatic heterocycles. The minimum atomic E-state index is -4.31. The second-order valence-corrected chi connectivity index (χ2v) is 4.11. The van der Waals surface area contributed by atoms with Crippen molar-refractivity contribution in [3.8, 4) is 5.75 Å². The lowest BCUT2D eigenvalue weighted by molar-refractivity contribution is -0.137. The van der Waals surface area contributed by atoms with Crippen LogP contribution >= 0.6 is 0 Å². The average molecular weight is 280 g/mol. The van der Waals surface area contributed by atoms with E-state index in [-0.39, 0.29) is 0 Å². The van der Waals surface area contributed by atoms with Gasteiger partial charge in [0.2, 0.25) is 0 Å². The molecular weight excluding hydrogens is 267 g/mol. The number of methoxy groups -OCH3 is 1. The molecule has 105 valence electrons. The van der Waals surface area contributed by atoms with Crippen LogP contribution in [0.2, 0.25) is 0 Å². The van der Waals surface area contributed by atoms with E-state index in [4.69, 9.17) is 4.74 Å². The molecule has 0 saturated carbocycles. The lowest BCUT2D eigenvalue weighted by Gasteiger charge is -2.11. The molecular formula is C15H13F3NO. The Morgan fingerprint density at radius 3 is 2.25 bits per heavy atom. The number of ether oxygens (including phenoxy) is 1. The van der Waals surface area contributed by atoms with Crippen LogP contribution in [0.3, 0.4) is 0 Å². The summed E-state index contributed by atoms with van der Waals surface area (Å²) >= 11 is 0. The molecule has 2 rings (SSSR count). The van der Waals surface area contributed by atoms with Crippen LogP contribution in [-0.4, -0.2) is 7.11 Å². The maximum absolute atomic E-state index is 12.4. The largest absolute Gasteiger partial charge is 0.495 e. The summed E-state index contributed by atoms with van der Waals surface area (Å²) < 4.78 is 42.4. The van der Waals surface area contributed by atoms with Crippen LogP contribution in [0.5, 0.6) is 5.75 Å². The van der Waals surface area contributed by atoms with Gasteiger partial charge in [-0.3, -0.25) is 0 Å². The molecule has 1 N–H and O–H groups in total. The van der Waals surface area contributed by atoms with Gasteiger partial charge in [0.1, 0.15) is 5.75 Å². The number of benzene rings is 2. The van der Waals surface area contributed by atoms with Crippen molar-refractivity contribution in [1.82, 2.24) is 0 Å². The van der Waals surface area contributed by atoms with Crippen LogP contribution < -0.4 is 10.1 Å². The summed E-state index contributed by atoms with van der Waals surface area (Å²) in [5.74, 6) is 0.663. The smallest absolute Gasteiger partial charge is 0.416 e. The summed E-state index contributed by atoms with van der Waals surface area (Å²) in [6.07, 6.45) is -4.31. The highest BCUT2D eigenvalue weighted by Gasteiger charge is 2.29. The summed E-state index contributed by atoms with van der Waals surface area (Å²) in [7, 11) is 1.55. The number of para-hydroxylation sites is 2. The fraction of sp³-hybridized carbons (Fsp3) is 0.133. The van der Waals surface area contributed by atoms with Crippen LogP contribution in [0.1, 0.15) is 11.1 Å². The molecule has 0 aromatic heterocycles. The second-order valence-electron chi connectivity index (χ2n) is 4.11. The molecule has 2 nitrogen and oxygen atoms in total. The number of alkyl halides is 3. The van der Waals surface area contributed by atoms with Gasteiger partial charge < -0.3 is 10.1 Å². The van der Waals surface area contributed by atoms with Crippen molar-refractivity contribution in [2.75, 3.05) is 12.4 Å². The Morgan fingerprint density at radius 1 is 1.00 bits per heavy atom. The number of rotatable bonds is 4. The lowest BCUT2D eigenvalue weighted by Crippen LogP contribution is -2.05. The van der Waals surface area contributed by atoms with Crippen LogP contribution in [0.4, 0.5) is 18.9 Å². The zero-order chi connectivity index (χ0) is 14.6. The summed E-state index contributed by atoms with van der Waals surface area (Å²) in [6, 6.07) is 12.2. The van der Waals surface area contributed by atoms with Crippen molar-refractivity contribution in [3.63, 3.8) is 0 Å². The molecule has 0 unspecified atom stereocenters. The quantitative estimate of drug-likeness (QED) is 0.899. The lowest BCUT2D eigenvalue weighted by atomic mass is 10.1. The number of halogens is 3. The van der Waals surface area contributed by atoms with Crippen LogP contribution in [0.25, 0.3) is 0 Å². The standard InChI is InChI=1S/C15H13F3NO/c1-20-14-5-3-2-4-13(14)19-10-11-6-8-12(9-7-11)15(16,17)18/h2-10,19H,1H3. The van der Waals surface area contributed by atoms with Crippen molar-refractivity contribution < 1.29 is 17.9 Å². The maximum Gasteiger partial charge on any atom is 0.416 e. The van der Waals surface area contributed by atoms with Gasteiger partial charge in [0.25, 0.3) is 0 Å². The van der Waals surface area contributed by atoms with E-state index in [0.717, 1.165) is 17.8 Å². The van der Waals surface area contributed by atoms with Gasteiger partial charge in [-0.2, -0.15) is 13.2 Å². The van der Waals surface area contributed by atoms with Crippen molar-refractivity contribution in [3.05, 3.63) is 66.2 Å². The second kappa shape index (κ2) is 5.86. The monoisotopic (exact) mass is 280 g/mol. The van der Waals surface area contributed by atoms with Crippen LogP contribution in [0, 0.1) is 6.54 Å². The first-order valence-corrected chi connectivity index (χ1v) is 5.91. The third-order valence-electron chi connectivity index (χ3n) is 2.74. The van der Waals surface area contributed by atoms with Gasteiger partial charge in [-0.1, -0.05) is 24.3 Å². The first-order chi connectivity index (χ1) is 9.50. The Morgan fingerprint density at radius 2 is 1.65 bits per heavy atom. The van der Waals surface area contributed by atoms with Crippen LogP contribution in [0.15, 0.2) is 48.5 Å². The maximum atomic E-state index is 12.4. The first-order valence-electron chi connectivity index (χ1n) is 5.91. The van der Waals surface area contributed by atoms with E-state index >= 15 is 0 Å². The Hall–Kier alpha value is -2.17. The van der Waals surface area contributed by atoms with Gasteiger partial charge in [-0.05, 0) is 29.8 Å². The molecule has 0 saturated heterocycles. The molecule has 0 amide bonds. The molecule has 0 aliphatic carbocycles. The molecule has 0 fully saturated rings. The molecule has 0 aliphatic rings. The van der Waals surface area contributed by atoms with Gasteiger partial charge >= 0.3 is 6.18 Å². The van der Waals surface area contributed by atoms with E-state index in [1.54, 1.807) is 19.7 Å². The zero-order valence-corrected chi connectivity index (χ0v) is 10.7. The van der Waals surface area contributed by atoms with Crippen molar-refractivity contribution in [2.24, 2.45) is 0 Å². The Labute approximate surface area is 115 Å². The van der Waals surface area contributed by atoms with Gasteiger partial charge in [0.05, 0.1) is 24.9 Å². The molecule has 5 heteroatoms. The van der Waals surface area contributed by atoms with Gasteiger partial charge in [0.15, 0.2) is 0 Å². The predicted octanol–water partition coefficient (Wildman–Crippen LogP) is 4.34. The first kappa shape index (κ1) is 14.2. The normalized spacial score (nSPS) is 11.2. The molecule has 0 bridgehead atoms. The van der Waals surface area contributed by atoms with Gasteiger partial charge in [-0.25, -0.2) is 0 Å². The summed E-state index contributed by atoms with van der Waals surface area (Å²) in [5, 5.41) is 3.01. The minimum absolute atomic E-state index is 0.643. The number of hydrogen-bond acceptors (Lipinski definition) is 2. The molecule has 0 atom stereocenters. The van der Waals surface area contributed by atoms with Crippen molar-refractivity contribution in [2.45, 2.75) is 6.18 Å². The van der Waals surface area contributed by atoms with Crippen LogP contribution in [-0.2, 0) is 6.18 Å². The van der Waals surface area contributed by atoms with E-state index in [1.165, 1.54) is 12.1 Å². The Bertz CT molecular complexity index is 564. The van der Waals surface area contributed by atoms with E-state index in [1.807, 2.05) is 18.2 Å². The fourth-order valence-electron chi connectivity index (χ4n) is 1.69. The molecule has 1 radical (unpaired) electrons. The van der Waals surface area contributed by atoms with Gasteiger partial charge in [-0.15, -0.1) is 0 Å². The van der Waals surface area contributed by atoms with Gasteiger partial charge in [0, 0.05) is 0 Å². The third kappa shape index (κ3) is 3.44. The van der Waals surface area contributed by atoms with E-state index in [2.05, 4.69) is 5.32 Å². The molecule has 20 heavy (non-hydrogen) atoms. The number of anilines is 1. The third-order valence-corrected chi connectivity index (χ3v) is 2.74. The number of nitrogens with one attached hydrogen (secondary N) is 1. The minimum Gasteiger partial charge on any atom is -0.495 e. The molecule has 0 heterocycles. The summed E-state index contributed by atoms with van der Waals surface area (Å²) in [5.41, 5.74) is 0.728. The highest BCUT2D eigenvalue weighted by Crippen LogP contribution is 2.29. The average Bonchev–Trinajstić information content (AvgIpc) is 2.45. The zero-order valence-electron chi connectivity index (χ0n) is 10.7. The highest BCUT2D eigenvalue weighted by atomic mass is 19.4. The van der Waals surface area contributed by atoms with Crippen molar-refractivity contribution in [1.29, 1.82) is 0 Å². The van der Waals surface area contributed by atoms with E-state index in [9.17, 15) is 13.2 Å². The Kier molecular flexibility index (Phi) is 4.17. The number of hydrogen-bond donors (Lipinski definition) is 1. The molecule has 2 aromatic carbocycles. The predicted molar refractivity (Wildman–Crippen MR) is 71.5 cm³/mol. The topological polar surface area (TPSA) is 21.3 Å². The molecule has 2 aromatic rings. The highest BCUT2D eigenvalue weighted by molar-refractivity contribution is 5.58. The molecule has 0 spiro atoms.